The van der Waals surface area contributed by atoms with Crippen LogP contribution >= 0.6 is 38.9 Å². The second kappa shape index (κ2) is 9.43. The lowest BCUT2D eigenvalue weighted by molar-refractivity contribution is 0.0954. The second-order valence-corrected chi connectivity index (χ2v) is 8.87. The van der Waals surface area contributed by atoms with Crippen LogP contribution in [0.1, 0.15) is 25.6 Å². The van der Waals surface area contributed by atoms with Gasteiger partial charge in [-0.1, -0.05) is 57.9 Å². The maximum absolute atomic E-state index is 12.6. The van der Waals surface area contributed by atoms with Gasteiger partial charge in [-0.25, -0.2) is 5.43 Å². The Morgan fingerprint density at radius 2 is 1.65 bits per heavy atom. The van der Waals surface area contributed by atoms with Gasteiger partial charge < -0.3 is 5.32 Å². The molecule has 0 saturated carbocycles. The predicted molar refractivity (Wildman–Crippen MR) is 130 cm³/mol. The summed E-state index contributed by atoms with van der Waals surface area (Å²) in [6.07, 6.45) is 1.56. The first-order valence-electron chi connectivity index (χ1n) is 9.19. The highest BCUT2D eigenvalue weighted by molar-refractivity contribution is 9.10. The minimum absolute atomic E-state index is 0.289. The molecule has 2 N–H and O–H groups in total. The molecule has 5 nitrogen and oxygen atoms in total. The maximum Gasteiger partial charge on any atom is 0.271 e. The molecule has 1 heterocycles. The SMILES string of the molecule is O=C(N/N=C\c1ccc(Br)cc1)c1ccc(NC(=O)c2sc3ccccc3c2Cl)cc1. The van der Waals surface area contributed by atoms with Crippen LogP contribution in [0, 0.1) is 0 Å². The number of rotatable bonds is 5. The molecule has 0 saturated heterocycles. The number of fused-ring (bicyclic) bond motifs is 1. The molecule has 0 aliphatic rings. The molecule has 1 aromatic heterocycles. The number of carbonyl (C=O) groups excluding carboxylic acids is 2. The van der Waals surface area contributed by atoms with E-state index in [9.17, 15) is 9.59 Å². The van der Waals surface area contributed by atoms with Crippen molar-refractivity contribution in [2.24, 2.45) is 5.10 Å². The monoisotopic (exact) mass is 511 g/mol. The van der Waals surface area contributed by atoms with Gasteiger partial charge in [0.1, 0.15) is 4.88 Å². The Balaban J connectivity index is 1.39. The number of thiophene rings is 1. The first kappa shape index (κ1) is 21.2. The zero-order valence-electron chi connectivity index (χ0n) is 15.9. The number of nitrogens with one attached hydrogen (secondary N) is 2. The number of anilines is 1. The summed E-state index contributed by atoms with van der Waals surface area (Å²) in [5.74, 6) is -0.638. The van der Waals surface area contributed by atoms with Crippen LogP contribution in [0.3, 0.4) is 0 Å². The highest BCUT2D eigenvalue weighted by Crippen LogP contribution is 2.35. The third-order valence-electron chi connectivity index (χ3n) is 4.40. The molecule has 0 atom stereocenters. The fraction of sp³-hybridized carbons (Fsp3) is 0. The van der Waals surface area contributed by atoms with Gasteiger partial charge in [0.25, 0.3) is 11.8 Å². The number of hydrogen-bond acceptors (Lipinski definition) is 4. The van der Waals surface area contributed by atoms with Crippen molar-refractivity contribution >= 4 is 72.7 Å². The Hall–Kier alpha value is -3.00. The van der Waals surface area contributed by atoms with Gasteiger partial charge >= 0.3 is 0 Å². The van der Waals surface area contributed by atoms with Gasteiger partial charge in [-0.05, 0) is 48.0 Å². The van der Waals surface area contributed by atoms with Gasteiger partial charge in [-0.3, -0.25) is 9.59 Å². The molecule has 0 unspecified atom stereocenters. The maximum atomic E-state index is 12.6. The first-order valence-corrected chi connectivity index (χ1v) is 11.2. The van der Waals surface area contributed by atoms with Crippen LogP contribution in [0.4, 0.5) is 5.69 Å². The second-order valence-electron chi connectivity index (χ2n) is 6.52. The van der Waals surface area contributed by atoms with Crippen molar-refractivity contribution in [3.8, 4) is 0 Å². The summed E-state index contributed by atoms with van der Waals surface area (Å²) in [5, 5.41) is 8.08. The van der Waals surface area contributed by atoms with Crippen molar-refractivity contribution in [1.82, 2.24) is 5.43 Å². The number of nitrogens with zero attached hydrogens (tertiary/aromatic N) is 1. The minimum atomic E-state index is -0.348. The largest absolute Gasteiger partial charge is 0.321 e. The Kier molecular flexibility index (Phi) is 6.46. The molecule has 4 rings (SSSR count). The van der Waals surface area contributed by atoms with E-state index in [1.54, 1.807) is 30.5 Å². The highest BCUT2D eigenvalue weighted by atomic mass is 79.9. The molecule has 2 amide bonds. The summed E-state index contributed by atoms with van der Waals surface area (Å²) in [6, 6.07) is 21.7. The summed E-state index contributed by atoms with van der Waals surface area (Å²) in [6.45, 7) is 0. The molecule has 8 heteroatoms. The topological polar surface area (TPSA) is 70.6 Å². The quantitative estimate of drug-likeness (QED) is 0.242. The average Bonchev–Trinajstić information content (AvgIpc) is 3.12. The lowest BCUT2D eigenvalue weighted by Gasteiger charge is -2.05. The Bertz CT molecular complexity index is 1280. The summed E-state index contributed by atoms with van der Waals surface area (Å²) in [4.78, 5) is 25.3. The van der Waals surface area contributed by atoms with E-state index in [2.05, 4.69) is 31.8 Å². The number of hydrogen-bond donors (Lipinski definition) is 2. The average molecular weight is 513 g/mol. The Labute approximate surface area is 195 Å². The summed E-state index contributed by atoms with van der Waals surface area (Å²) in [5.41, 5.74) is 4.33. The lowest BCUT2D eigenvalue weighted by Crippen LogP contribution is -2.17. The van der Waals surface area contributed by atoms with Crippen LogP contribution in [0.5, 0.6) is 0 Å². The predicted octanol–water partition coefficient (Wildman–Crippen LogP) is 6.33. The standard InChI is InChI=1S/C23H15BrClN3O2S/c24-16-9-5-14(6-10-16)13-26-28-22(29)15-7-11-17(12-8-15)27-23(30)21-20(25)18-3-1-2-4-19(18)31-21/h1-13H,(H,27,30)(H,28,29)/b26-13-. The fourth-order valence-electron chi connectivity index (χ4n) is 2.83. The molecule has 154 valence electrons. The van der Waals surface area contributed by atoms with E-state index < -0.39 is 0 Å². The third-order valence-corrected chi connectivity index (χ3v) is 6.60. The van der Waals surface area contributed by atoms with Crippen LogP contribution in [0.15, 0.2) is 82.4 Å². The molecule has 4 aromatic rings. The Morgan fingerprint density at radius 3 is 2.35 bits per heavy atom. The molecule has 0 spiro atoms. The molecule has 0 bridgehead atoms. The van der Waals surface area contributed by atoms with Gasteiger partial charge in [0.2, 0.25) is 0 Å². The van der Waals surface area contributed by atoms with Crippen molar-refractivity contribution < 1.29 is 9.59 Å². The van der Waals surface area contributed by atoms with E-state index in [0.29, 0.717) is 21.2 Å². The van der Waals surface area contributed by atoms with Crippen molar-refractivity contribution in [2.45, 2.75) is 0 Å². The Morgan fingerprint density at radius 1 is 0.935 bits per heavy atom. The number of amides is 2. The van der Waals surface area contributed by atoms with Gasteiger partial charge in [-0.15, -0.1) is 11.3 Å². The number of hydrazone groups is 1. The van der Waals surface area contributed by atoms with Crippen LogP contribution in [-0.2, 0) is 0 Å². The van der Waals surface area contributed by atoms with Crippen LogP contribution in [0.25, 0.3) is 10.1 Å². The van der Waals surface area contributed by atoms with E-state index in [-0.39, 0.29) is 11.8 Å². The van der Waals surface area contributed by atoms with Crippen LogP contribution < -0.4 is 10.7 Å². The molecule has 0 aliphatic heterocycles. The van der Waals surface area contributed by atoms with E-state index in [0.717, 1.165) is 20.1 Å². The molecular weight excluding hydrogens is 498 g/mol. The van der Waals surface area contributed by atoms with Crippen molar-refractivity contribution in [2.75, 3.05) is 5.32 Å². The van der Waals surface area contributed by atoms with Gasteiger partial charge in [-0.2, -0.15) is 5.10 Å². The van der Waals surface area contributed by atoms with Gasteiger partial charge in [0, 0.05) is 25.8 Å². The van der Waals surface area contributed by atoms with E-state index in [4.69, 9.17) is 11.6 Å². The zero-order chi connectivity index (χ0) is 21.8. The highest BCUT2D eigenvalue weighted by Gasteiger charge is 2.17. The fourth-order valence-corrected chi connectivity index (χ4v) is 4.51. The molecule has 0 aliphatic carbocycles. The van der Waals surface area contributed by atoms with E-state index >= 15 is 0 Å². The zero-order valence-corrected chi connectivity index (χ0v) is 19.1. The lowest BCUT2D eigenvalue weighted by atomic mass is 10.2. The summed E-state index contributed by atoms with van der Waals surface area (Å²) >= 11 is 11.1. The molecular formula is C23H15BrClN3O2S. The first-order chi connectivity index (χ1) is 15.0. The molecule has 3 aromatic carbocycles. The van der Waals surface area contributed by atoms with Crippen LogP contribution in [-0.4, -0.2) is 18.0 Å². The molecule has 31 heavy (non-hydrogen) atoms. The third kappa shape index (κ3) is 5.02. The number of benzene rings is 3. The molecule has 0 radical (unpaired) electrons. The number of halogens is 2. The normalized spacial score (nSPS) is 11.0. The van der Waals surface area contributed by atoms with Crippen LogP contribution in [0.2, 0.25) is 5.02 Å². The smallest absolute Gasteiger partial charge is 0.271 e. The minimum Gasteiger partial charge on any atom is -0.321 e. The van der Waals surface area contributed by atoms with Crippen molar-refractivity contribution in [3.05, 3.63) is 98.3 Å². The summed E-state index contributed by atoms with van der Waals surface area (Å²) in [7, 11) is 0. The van der Waals surface area contributed by atoms with E-state index in [1.807, 2.05) is 48.5 Å². The van der Waals surface area contributed by atoms with Crippen molar-refractivity contribution in [3.63, 3.8) is 0 Å². The number of carbonyl (C=O) groups is 2. The van der Waals surface area contributed by atoms with E-state index in [1.165, 1.54) is 11.3 Å². The molecule has 0 fully saturated rings. The van der Waals surface area contributed by atoms with Gasteiger partial charge in [0.15, 0.2) is 0 Å². The van der Waals surface area contributed by atoms with Gasteiger partial charge in [0.05, 0.1) is 11.2 Å². The van der Waals surface area contributed by atoms with Crippen molar-refractivity contribution in [1.29, 1.82) is 0 Å². The summed E-state index contributed by atoms with van der Waals surface area (Å²) < 4.78 is 1.92.